The minimum atomic E-state index is 0.236. The number of hydrogen-bond donors (Lipinski definition) is 3. The maximum absolute atomic E-state index is 8.71. The number of aromatic nitrogens is 2. The topological polar surface area (TPSA) is 84.1 Å². The van der Waals surface area contributed by atoms with Crippen molar-refractivity contribution in [3.8, 4) is 0 Å². The molecule has 1 fully saturated rings. The lowest BCUT2D eigenvalue weighted by Gasteiger charge is -2.11. The summed E-state index contributed by atoms with van der Waals surface area (Å²) in [5, 5.41) is 12.0. The Morgan fingerprint density at radius 3 is 2.76 bits per heavy atom. The zero-order chi connectivity index (χ0) is 12.3. The molecule has 1 aromatic rings. The maximum atomic E-state index is 8.71. The van der Waals surface area contributed by atoms with E-state index >= 15 is 0 Å². The number of rotatable bonds is 6. The lowest BCUT2D eigenvalue weighted by Crippen LogP contribution is -2.10. The van der Waals surface area contributed by atoms with E-state index in [4.69, 9.17) is 10.8 Å². The molecule has 5 nitrogen and oxygen atoms in total. The van der Waals surface area contributed by atoms with Crippen LogP contribution in [0.15, 0.2) is 0 Å². The van der Waals surface area contributed by atoms with Gasteiger partial charge in [0.25, 0.3) is 0 Å². The standard InChI is InChI=1S/C12H20N4O/c1-8-10(13)15-12(9-4-5-9)16-11(8)14-6-2-3-7-17/h9,17H,2-7H2,1H3,(H3,13,14,15,16). The summed E-state index contributed by atoms with van der Waals surface area (Å²) < 4.78 is 0. The molecule has 4 N–H and O–H groups in total. The van der Waals surface area contributed by atoms with Gasteiger partial charge in [-0.05, 0) is 32.6 Å². The molecule has 1 aromatic heterocycles. The van der Waals surface area contributed by atoms with E-state index < -0.39 is 0 Å². The van der Waals surface area contributed by atoms with Gasteiger partial charge in [-0.1, -0.05) is 0 Å². The van der Waals surface area contributed by atoms with E-state index in [1.54, 1.807) is 0 Å². The van der Waals surface area contributed by atoms with E-state index in [1.165, 1.54) is 12.8 Å². The van der Waals surface area contributed by atoms with Crippen LogP contribution in [0.3, 0.4) is 0 Å². The van der Waals surface area contributed by atoms with E-state index in [0.29, 0.717) is 11.7 Å². The highest BCUT2D eigenvalue weighted by atomic mass is 16.2. The Bertz CT molecular complexity index is 390. The van der Waals surface area contributed by atoms with Gasteiger partial charge in [0.05, 0.1) is 0 Å². The van der Waals surface area contributed by atoms with Crippen molar-refractivity contribution in [3.05, 3.63) is 11.4 Å². The van der Waals surface area contributed by atoms with Gasteiger partial charge in [-0.3, -0.25) is 0 Å². The Labute approximate surface area is 101 Å². The summed E-state index contributed by atoms with van der Waals surface area (Å²) in [7, 11) is 0. The second kappa shape index (κ2) is 5.31. The Balaban J connectivity index is 2.03. The van der Waals surface area contributed by atoms with E-state index in [0.717, 1.165) is 36.6 Å². The van der Waals surface area contributed by atoms with Crippen LogP contribution in [0, 0.1) is 6.92 Å². The van der Waals surface area contributed by atoms with Crippen molar-refractivity contribution in [3.63, 3.8) is 0 Å². The van der Waals surface area contributed by atoms with Crippen LogP contribution in [0.2, 0.25) is 0 Å². The SMILES string of the molecule is Cc1c(N)nc(C2CC2)nc1NCCCCO. The molecule has 0 spiro atoms. The molecular weight excluding hydrogens is 216 g/mol. The van der Waals surface area contributed by atoms with Gasteiger partial charge in [0.15, 0.2) is 0 Å². The van der Waals surface area contributed by atoms with Gasteiger partial charge < -0.3 is 16.2 Å². The number of nitrogen functional groups attached to an aromatic ring is 1. The van der Waals surface area contributed by atoms with E-state index in [9.17, 15) is 0 Å². The normalized spacial score (nSPS) is 14.9. The Kier molecular flexibility index (Phi) is 3.78. The number of aliphatic hydroxyl groups is 1. The third kappa shape index (κ3) is 3.06. The van der Waals surface area contributed by atoms with Gasteiger partial charge in [-0.15, -0.1) is 0 Å². The van der Waals surface area contributed by atoms with Crippen molar-refractivity contribution in [2.45, 2.75) is 38.5 Å². The molecule has 17 heavy (non-hydrogen) atoms. The number of unbranched alkanes of at least 4 members (excludes halogenated alkanes) is 1. The molecule has 94 valence electrons. The van der Waals surface area contributed by atoms with Crippen LogP contribution >= 0.6 is 0 Å². The van der Waals surface area contributed by atoms with Crippen molar-refractivity contribution in [2.75, 3.05) is 24.2 Å². The first-order valence-corrected chi connectivity index (χ1v) is 6.21. The molecule has 0 saturated heterocycles. The Morgan fingerprint density at radius 1 is 1.35 bits per heavy atom. The number of anilines is 2. The molecule has 0 atom stereocenters. The van der Waals surface area contributed by atoms with Crippen molar-refractivity contribution < 1.29 is 5.11 Å². The molecule has 1 aliphatic carbocycles. The minimum absolute atomic E-state index is 0.236. The van der Waals surface area contributed by atoms with Gasteiger partial charge >= 0.3 is 0 Å². The third-order valence-corrected chi connectivity index (χ3v) is 3.02. The molecule has 1 heterocycles. The number of hydrogen-bond acceptors (Lipinski definition) is 5. The lowest BCUT2D eigenvalue weighted by atomic mass is 10.2. The van der Waals surface area contributed by atoms with Gasteiger partial charge in [-0.2, -0.15) is 0 Å². The maximum Gasteiger partial charge on any atom is 0.136 e. The number of aliphatic hydroxyl groups excluding tert-OH is 1. The van der Waals surface area contributed by atoms with Crippen molar-refractivity contribution in [1.82, 2.24) is 9.97 Å². The summed E-state index contributed by atoms with van der Waals surface area (Å²) in [5.41, 5.74) is 6.80. The molecule has 0 unspecified atom stereocenters. The molecule has 1 saturated carbocycles. The van der Waals surface area contributed by atoms with Crippen LogP contribution in [0.1, 0.15) is 43.0 Å². The monoisotopic (exact) mass is 236 g/mol. The smallest absolute Gasteiger partial charge is 0.136 e. The van der Waals surface area contributed by atoms with Crippen LogP contribution in [0.5, 0.6) is 0 Å². The molecule has 0 bridgehead atoms. The average molecular weight is 236 g/mol. The van der Waals surface area contributed by atoms with Crippen molar-refractivity contribution in [2.24, 2.45) is 0 Å². The summed E-state index contributed by atoms with van der Waals surface area (Å²) in [6, 6.07) is 0. The molecule has 0 aromatic carbocycles. The molecular formula is C12H20N4O. The zero-order valence-corrected chi connectivity index (χ0v) is 10.2. The zero-order valence-electron chi connectivity index (χ0n) is 10.2. The van der Waals surface area contributed by atoms with Crippen LogP contribution in [-0.4, -0.2) is 28.2 Å². The summed E-state index contributed by atoms with van der Waals surface area (Å²) in [6.07, 6.45) is 4.08. The number of nitrogens with zero attached hydrogens (tertiary/aromatic N) is 2. The first-order chi connectivity index (χ1) is 8.22. The fraction of sp³-hybridized carbons (Fsp3) is 0.667. The highest BCUT2D eigenvalue weighted by molar-refractivity contribution is 5.55. The second-order valence-corrected chi connectivity index (χ2v) is 4.57. The first kappa shape index (κ1) is 12.1. The summed E-state index contributed by atoms with van der Waals surface area (Å²) in [4.78, 5) is 8.85. The molecule has 5 heteroatoms. The Morgan fingerprint density at radius 2 is 2.12 bits per heavy atom. The van der Waals surface area contributed by atoms with E-state index in [1.807, 2.05) is 6.92 Å². The van der Waals surface area contributed by atoms with Gasteiger partial charge in [0.1, 0.15) is 17.5 Å². The average Bonchev–Trinajstić information content (AvgIpc) is 3.13. The second-order valence-electron chi connectivity index (χ2n) is 4.57. The minimum Gasteiger partial charge on any atom is -0.396 e. The van der Waals surface area contributed by atoms with Gasteiger partial charge in [0.2, 0.25) is 0 Å². The Hall–Kier alpha value is -1.36. The molecule has 0 aliphatic heterocycles. The van der Waals surface area contributed by atoms with Gasteiger partial charge in [-0.25, -0.2) is 9.97 Å². The van der Waals surface area contributed by atoms with Crippen LogP contribution in [-0.2, 0) is 0 Å². The largest absolute Gasteiger partial charge is 0.396 e. The van der Waals surface area contributed by atoms with E-state index in [-0.39, 0.29) is 6.61 Å². The third-order valence-electron chi connectivity index (χ3n) is 3.02. The predicted octanol–water partition coefficient (Wildman–Crippen LogP) is 1.43. The summed E-state index contributed by atoms with van der Waals surface area (Å²) >= 11 is 0. The molecule has 2 rings (SSSR count). The van der Waals surface area contributed by atoms with Gasteiger partial charge in [0, 0.05) is 24.6 Å². The number of nitrogens with two attached hydrogens (primary N) is 1. The van der Waals surface area contributed by atoms with Crippen molar-refractivity contribution >= 4 is 11.6 Å². The quantitative estimate of drug-likeness (QED) is 0.651. The molecule has 1 aliphatic rings. The number of nitrogens with one attached hydrogen (secondary N) is 1. The first-order valence-electron chi connectivity index (χ1n) is 6.21. The van der Waals surface area contributed by atoms with Crippen LogP contribution < -0.4 is 11.1 Å². The molecule has 0 radical (unpaired) electrons. The fourth-order valence-corrected chi connectivity index (χ4v) is 1.69. The van der Waals surface area contributed by atoms with Crippen LogP contribution in [0.25, 0.3) is 0 Å². The highest BCUT2D eigenvalue weighted by Gasteiger charge is 2.27. The highest BCUT2D eigenvalue weighted by Crippen LogP contribution is 2.39. The fourth-order valence-electron chi connectivity index (χ4n) is 1.69. The lowest BCUT2D eigenvalue weighted by molar-refractivity contribution is 0.286. The summed E-state index contributed by atoms with van der Waals surface area (Å²) in [5.74, 6) is 2.80. The van der Waals surface area contributed by atoms with Crippen LogP contribution in [0.4, 0.5) is 11.6 Å². The predicted molar refractivity (Wildman–Crippen MR) is 68.0 cm³/mol. The van der Waals surface area contributed by atoms with Crippen molar-refractivity contribution in [1.29, 1.82) is 0 Å². The molecule has 0 amide bonds. The van der Waals surface area contributed by atoms with E-state index in [2.05, 4.69) is 15.3 Å². The summed E-state index contributed by atoms with van der Waals surface area (Å²) in [6.45, 7) is 2.97.